The molecule has 0 aliphatic rings. The molecular formula is C20H14N2O. The fourth-order valence-corrected chi connectivity index (χ4v) is 2.82. The van der Waals surface area contributed by atoms with Crippen LogP contribution in [-0.4, -0.2) is 4.98 Å². The Morgan fingerprint density at radius 1 is 0.783 bits per heavy atom. The van der Waals surface area contributed by atoms with E-state index < -0.39 is 0 Å². The lowest BCUT2D eigenvalue weighted by atomic mass is 10.1. The second kappa shape index (κ2) is 5.54. The van der Waals surface area contributed by atoms with Gasteiger partial charge in [0.25, 0.3) is 0 Å². The average Bonchev–Trinajstić information content (AvgIpc) is 2.61. The highest BCUT2D eigenvalue weighted by Crippen LogP contribution is 2.21. The van der Waals surface area contributed by atoms with Crippen molar-refractivity contribution in [2.45, 2.75) is 0 Å². The third-order valence-electron chi connectivity index (χ3n) is 3.97. The molecule has 0 aliphatic heterocycles. The van der Waals surface area contributed by atoms with Gasteiger partial charge in [-0.2, -0.15) is 4.73 Å². The van der Waals surface area contributed by atoms with Gasteiger partial charge in [0.05, 0.1) is 10.9 Å². The summed E-state index contributed by atoms with van der Waals surface area (Å²) < 4.78 is 0.897. The van der Waals surface area contributed by atoms with E-state index in [1.807, 2.05) is 66.9 Å². The second-order valence-corrected chi connectivity index (χ2v) is 5.36. The Balaban J connectivity index is 1.84. The van der Waals surface area contributed by atoms with Gasteiger partial charge in [0, 0.05) is 23.7 Å². The topological polar surface area (TPSA) is 39.8 Å². The van der Waals surface area contributed by atoms with Gasteiger partial charge in [-0.15, -0.1) is 0 Å². The lowest BCUT2D eigenvalue weighted by Gasteiger charge is -2.04. The number of benzene rings is 2. The molecule has 4 aromatic rings. The van der Waals surface area contributed by atoms with E-state index in [4.69, 9.17) is 0 Å². The van der Waals surface area contributed by atoms with Crippen molar-refractivity contribution < 1.29 is 4.73 Å². The Bertz CT molecular complexity index is 1030. The van der Waals surface area contributed by atoms with Gasteiger partial charge in [0.15, 0.2) is 6.20 Å². The van der Waals surface area contributed by atoms with Gasteiger partial charge < -0.3 is 5.21 Å². The number of hydrogen-bond acceptors (Lipinski definition) is 2. The zero-order valence-electron chi connectivity index (χ0n) is 12.4. The van der Waals surface area contributed by atoms with E-state index in [0.29, 0.717) is 5.52 Å². The van der Waals surface area contributed by atoms with Crippen LogP contribution in [0.2, 0.25) is 0 Å². The molecule has 23 heavy (non-hydrogen) atoms. The molecule has 0 fully saturated rings. The maximum atomic E-state index is 11.9. The van der Waals surface area contributed by atoms with E-state index in [2.05, 4.69) is 17.1 Å². The van der Waals surface area contributed by atoms with E-state index in [1.54, 1.807) is 6.20 Å². The smallest absolute Gasteiger partial charge is 0.224 e. The predicted octanol–water partition coefficient (Wildman–Crippen LogP) is 4.19. The van der Waals surface area contributed by atoms with Crippen molar-refractivity contribution in [2.24, 2.45) is 0 Å². The third-order valence-corrected chi connectivity index (χ3v) is 3.97. The average molecular weight is 298 g/mol. The molecule has 110 valence electrons. The predicted molar refractivity (Wildman–Crippen MR) is 93.6 cm³/mol. The van der Waals surface area contributed by atoms with Gasteiger partial charge in [0.2, 0.25) is 5.52 Å². The van der Waals surface area contributed by atoms with E-state index in [9.17, 15) is 5.21 Å². The van der Waals surface area contributed by atoms with Gasteiger partial charge >= 0.3 is 0 Å². The summed E-state index contributed by atoms with van der Waals surface area (Å²) in [5.74, 6) is 0. The molecule has 3 heteroatoms. The number of rotatable bonds is 2. The number of para-hydroxylation sites is 2. The van der Waals surface area contributed by atoms with Crippen molar-refractivity contribution in [3.8, 4) is 0 Å². The van der Waals surface area contributed by atoms with Gasteiger partial charge in [-0.05, 0) is 29.3 Å². The molecule has 0 bridgehead atoms. The third kappa shape index (κ3) is 2.42. The van der Waals surface area contributed by atoms with E-state index >= 15 is 0 Å². The highest BCUT2D eigenvalue weighted by molar-refractivity contribution is 5.93. The van der Waals surface area contributed by atoms with E-state index in [-0.39, 0.29) is 0 Å². The largest absolute Gasteiger partial charge is 0.618 e. The van der Waals surface area contributed by atoms with Crippen LogP contribution >= 0.6 is 0 Å². The van der Waals surface area contributed by atoms with Crippen LogP contribution in [0.4, 0.5) is 0 Å². The number of aromatic nitrogens is 2. The first-order chi connectivity index (χ1) is 11.3. The minimum Gasteiger partial charge on any atom is -0.618 e. The Morgan fingerprint density at radius 3 is 2.35 bits per heavy atom. The summed E-state index contributed by atoms with van der Waals surface area (Å²) >= 11 is 0. The Morgan fingerprint density at radius 2 is 1.48 bits per heavy atom. The number of pyridine rings is 2. The molecule has 0 unspecified atom stereocenters. The summed E-state index contributed by atoms with van der Waals surface area (Å²) in [6, 6.07) is 19.5. The lowest BCUT2D eigenvalue weighted by Crippen LogP contribution is -2.26. The molecule has 0 amide bonds. The summed E-state index contributed by atoms with van der Waals surface area (Å²) in [4.78, 5) is 4.38. The van der Waals surface area contributed by atoms with Crippen LogP contribution in [0, 0.1) is 5.21 Å². The van der Waals surface area contributed by atoms with Gasteiger partial charge in [-0.25, -0.2) is 0 Å². The molecule has 0 radical (unpaired) electrons. The summed E-state index contributed by atoms with van der Waals surface area (Å²) in [5, 5.41) is 13.9. The van der Waals surface area contributed by atoms with E-state index in [1.165, 1.54) is 0 Å². The molecule has 0 N–H and O–H groups in total. The molecule has 2 aromatic heterocycles. The van der Waals surface area contributed by atoms with Gasteiger partial charge in [0.1, 0.15) is 0 Å². The molecule has 0 saturated heterocycles. The minimum atomic E-state index is 0.675. The van der Waals surface area contributed by atoms with Crippen LogP contribution in [0.15, 0.2) is 73.1 Å². The molecule has 0 spiro atoms. The van der Waals surface area contributed by atoms with Crippen LogP contribution in [0.5, 0.6) is 0 Å². The monoisotopic (exact) mass is 298 g/mol. The Hall–Kier alpha value is -3.20. The van der Waals surface area contributed by atoms with Crippen LogP contribution in [0.1, 0.15) is 11.1 Å². The van der Waals surface area contributed by atoms with Crippen molar-refractivity contribution in [3.05, 3.63) is 89.4 Å². The van der Waals surface area contributed by atoms with Crippen molar-refractivity contribution in [3.63, 3.8) is 0 Å². The quantitative estimate of drug-likeness (QED) is 0.411. The van der Waals surface area contributed by atoms with Gasteiger partial charge in [-0.3, -0.25) is 4.98 Å². The van der Waals surface area contributed by atoms with Crippen LogP contribution in [0.25, 0.3) is 34.0 Å². The normalized spacial score (nSPS) is 11.5. The number of hydrogen-bond donors (Lipinski definition) is 0. The Labute approximate surface area is 133 Å². The van der Waals surface area contributed by atoms with Crippen molar-refractivity contribution in [1.29, 1.82) is 0 Å². The van der Waals surface area contributed by atoms with Crippen LogP contribution in [0.3, 0.4) is 0 Å². The Kier molecular flexibility index (Phi) is 3.24. The molecule has 4 rings (SSSR count). The summed E-state index contributed by atoms with van der Waals surface area (Å²) in [6.07, 6.45) is 7.48. The standard InChI is InChI=1S/C20H14N2O/c23-22-14-12-16(18-6-2-4-8-20(18)22)10-9-15-11-13-21-19-7-3-1-5-17(15)19/h1-14H/b10-9+. The lowest BCUT2D eigenvalue weighted by molar-refractivity contribution is -0.577. The molecule has 3 nitrogen and oxygen atoms in total. The molecule has 0 saturated carbocycles. The van der Waals surface area contributed by atoms with Crippen molar-refractivity contribution in [2.75, 3.05) is 0 Å². The van der Waals surface area contributed by atoms with Crippen LogP contribution < -0.4 is 4.73 Å². The van der Waals surface area contributed by atoms with Gasteiger partial charge in [-0.1, -0.05) is 42.5 Å². The molecule has 0 aliphatic carbocycles. The number of nitrogens with zero attached hydrogens (tertiary/aromatic N) is 2. The summed E-state index contributed by atoms with van der Waals surface area (Å²) in [6.45, 7) is 0. The fraction of sp³-hybridized carbons (Fsp3) is 0. The SMILES string of the molecule is [O-][n+]1ccc(/C=C/c2ccnc3ccccc23)c2ccccc21. The van der Waals surface area contributed by atoms with Crippen molar-refractivity contribution in [1.82, 2.24) is 4.98 Å². The first-order valence-electron chi connectivity index (χ1n) is 7.46. The summed E-state index contributed by atoms with van der Waals surface area (Å²) in [5.41, 5.74) is 3.78. The maximum absolute atomic E-state index is 11.9. The maximum Gasteiger partial charge on any atom is 0.224 e. The van der Waals surface area contributed by atoms with Crippen molar-refractivity contribution >= 4 is 34.0 Å². The number of fused-ring (bicyclic) bond motifs is 2. The van der Waals surface area contributed by atoms with Crippen LogP contribution in [-0.2, 0) is 0 Å². The fourth-order valence-electron chi connectivity index (χ4n) is 2.82. The second-order valence-electron chi connectivity index (χ2n) is 5.36. The molecule has 0 atom stereocenters. The summed E-state index contributed by atoms with van der Waals surface area (Å²) in [7, 11) is 0. The first kappa shape index (κ1) is 13.5. The molecule has 2 heterocycles. The highest BCUT2D eigenvalue weighted by atomic mass is 16.5. The first-order valence-corrected chi connectivity index (χ1v) is 7.46. The molecule has 2 aromatic carbocycles. The molecular weight excluding hydrogens is 284 g/mol. The zero-order chi connectivity index (χ0) is 15.6. The van der Waals surface area contributed by atoms with E-state index in [0.717, 1.165) is 32.1 Å². The zero-order valence-corrected chi connectivity index (χ0v) is 12.4. The minimum absolute atomic E-state index is 0.675. The highest BCUT2D eigenvalue weighted by Gasteiger charge is 2.06.